The normalized spacial score (nSPS) is 14.8. The van der Waals surface area contributed by atoms with Gasteiger partial charge in [0.2, 0.25) is 5.95 Å². The van der Waals surface area contributed by atoms with E-state index in [4.69, 9.17) is 4.42 Å². The van der Waals surface area contributed by atoms with Crippen LogP contribution in [0.3, 0.4) is 0 Å². The highest BCUT2D eigenvalue weighted by Crippen LogP contribution is 2.41. The molecule has 0 unspecified atom stereocenters. The minimum atomic E-state index is -0.642. The SMILES string of the molecule is O=c1[nH]nc(-c2ccc([N+](=O)[O-])cc2)c2c1Nc1nnnn1[C@@H]2c1ccco1. The van der Waals surface area contributed by atoms with Crippen LogP contribution in [0.2, 0.25) is 0 Å². The van der Waals surface area contributed by atoms with Crippen LogP contribution < -0.4 is 10.9 Å². The number of H-pyrrole nitrogens is 1. The molecule has 0 saturated carbocycles. The smallest absolute Gasteiger partial charge is 0.288 e. The molecule has 28 heavy (non-hydrogen) atoms. The summed E-state index contributed by atoms with van der Waals surface area (Å²) in [7, 11) is 0. The third kappa shape index (κ3) is 2.28. The zero-order chi connectivity index (χ0) is 19.3. The summed E-state index contributed by atoms with van der Waals surface area (Å²) in [5.41, 5.74) is 1.21. The number of anilines is 2. The van der Waals surface area contributed by atoms with Gasteiger partial charge in [-0.3, -0.25) is 14.9 Å². The van der Waals surface area contributed by atoms with Gasteiger partial charge in [0.1, 0.15) is 17.5 Å². The Morgan fingerprint density at radius 1 is 1.21 bits per heavy atom. The van der Waals surface area contributed by atoms with Crippen LogP contribution in [0.5, 0.6) is 0 Å². The Bertz CT molecular complexity index is 1240. The van der Waals surface area contributed by atoms with E-state index in [1.165, 1.54) is 23.1 Å². The Labute approximate surface area is 155 Å². The standard InChI is InChI=1S/C16H10N8O4/c25-15-13-11(12(18-19-15)8-3-5-9(6-4-8)24(26)27)14(10-2-1-7-28-10)23-16(17-13)20-21-22-23/h1-7,14H,(H,19,25)(H,17,20,22)/t14-/m1/s1. The predicted molar refractivity (Wildman–Crippen MR) is 94.0 cm³/mol. The van der Waals surface area contributed by atoms with Crippen LogP contribution in [0, 0.1) is 10.1 Å². The van der Waals surface area contributed by atoms with Crippen molar-refractivity contribution in [3.8, 4) is 11.3 Å². The fourth-order valence-corrected chi connectivity index (χ4v) is 3.21. The van der Waals surface area contributed by atoms with Gasteiger partial charge >= 0.3 is 0 Å². The second kappa shape index (κ2) is 5.84. The van der Waals surface area contributed by atoms with Crippen molar-refractivity contribution in [3.05, 3.63) is 74.5 Å². The first kappa shape index (κ1) is 15.9. The number of furan rings is 1. The van der Waals surface area contributed by atoms with E-state index >= 15 is 0 Å². The Balaban J connectivity index is 1.77. The number of fused-ring (bicyclic) bond motifs is 2. The fourth-order valence-electron chi connectivity index (χ4n) is 3.21. The van der Waals surface area contributed by atoms with Crippen LogP contribution in [-0.4, -0.2) is 35.3 Å². The van der Waals surface area contributed by atoms with Crippen molar-refractivity contribution < 1.29 is 9.34 Å². The van der Waals surface area contributed by atoms with Crippen LogP contribution in [0.1, 0.15) is 17.4 Å². The van der Waals surface area contributed by atoms with E-state index in [1.807, 2.05) is 0 Å². The molecule has 12 nitrogen and oxygen atoms in total. The maximum absolute atomic E-state index is 12.5. The summed E-state index contributed by atoms with van der Waals surface area (Å²) in [6.07, 6.45) is 1.51. The molecule has 0 fully saturated rings. The lowest BCUT2D eigenvalue weighted by Crippen LogP contribution is -2.28. The molecule has 0 bridgehead atoms. The molecule has 4 heterocycles. The fraction of sp³-hybridized carbons (Fsp3) is 0.0625. The molecule has 1 aliphatic heterocycles. The van der Waals surface area contributed by atoms with E-state index in [-0.39, 0.29) is 17.3 Å². The van der Waals surface area contributed by atoms with E-state index in [0.717, 1.165) is 0 Å². The molecule has 1 aromatic carbocycles. The monoisotopic (exact) mass is 378 g/mol. The van der Waals surface area contributed by atoms with Gasteiger partial charge < -0.3 is 9.73 Å². The molecule has 4 aromatic rings. The molecule has 138 valence electrons. The van der Waals surface area contributed by atoms with Gasteiger partial charge in [-0.15, -0.1) is 0 Å². The van der Waals surface area contributed by atoms with Gasteiger partial charge in [0, 0.05) is 23.3 Å². The molecule has 5 rings (SSSR count). The molecular weight excluding hydrogens is 368 g/mol. The van der Waals surface area contributed by atoms with Gasteiger partial charge in [0.15, 0.2) is 0 Å². The van der Waals surface area contributed by atoms with Crippen molar-refractivity contribution in [2.24, 2.45) is 0 Å². The minimum Gasteiger partial charge on any atom is -0.467 e. The number of aromatic nitrogens is 6. The van der Waals surface area contributed by atoms with Gasteiger partial charge in [0.05, 0.1) is 16.9 Å². The average molecular weight is 378 g/mol. The summed E-state index contributed by atoms with van der Waals surface area (Å²) in [4.78, 5) is 22.9. The van der Waals surface area contributed by atoms with Crippen molar-refractivity contribution in [1.29, 1.82) is 0 Å². The van der Waals surface area contributed by atoms with Crippen LogP contribution in [-0.2, 0) is 0 Å². The van der Waals surface area contributed by atoms with Crippen molar-refractivity contribution in [2.75, 3.05) is 5.32 Å². The summed E-state index contributed by atoms with van der Waals surface area (Å²) < 4.78 is 7.05. The lowest BCUT2D eigenvalue weighted by molar-refractivity contribution is -0.384. The molecule has 3 aromatic heterocycles. The van der Waals surface area contributed by atoms with Crippen LogP contribution in [0.4, 0.5) is 17.3 Å². The highest BCUT2D eigenvalue weighted by atomic mass is 16.6. The van der Waals surface area contributed by atoms with Gasteiger partial charge in [-0.25, -0.2) is 5.10 Å². The molecule has 12 heteroatoms. The molecular formula is C16H10N8O4. The lowest BCUT2D eigenvalue weighted by Gasteiger charge is -2.26. The molecule has 0 radical (unpaired) electrons. The quantitative estimate of drug-likeness (QED) is 0.351. The van der Waals surface area contributed by atoms with Crippen molar-refractivity contribution in [1.82, 2.24) is 30.4 Å². The van der Waals surface area contributed by atoms with Gasteiger partial charge in [0.25, 0.3) is 11.2 Å². The number of hydrogen-bond donors (Lipinski definition) is 2. The van der Waals surface area contributed by atoms with E-state index in [2.05, 4.69) is 31.0 Å². The Kier molecular flexibility index (Phi) is 3.31. The largest absolute Gasteiger partial charge is 0.467 e. The maximum atomic E-state index is 12.5. The van der Waals surface area contributed by atoms with Crippen LogP contribution >= 0.6 is 0 Å². The van der Waals surface area contributed by atoms with Gasteiger partial charge in [-0.2, -0.15) is 9.78 Å². The van der Waals surface area contributed by atoms with Gasteiger partial charge in [-0.1, -0.05) is 5.10 Å². The first-order valence-electron chi connectivity index (χ1n) is 8.09. The zero-order valence-corrected chi connectivity index (χ0v) is 13.9. The molecule has 0 aliphatic carbocycles. The minimum absolute atomic E-state index is 0.0504. The van der Waals surface area contributed by atoms with Crippen molar-refractivity contribution >= 4 is 17.3 Å². The summed E-state index contributed by atoms with van der Waals surface area (Å²) in [6.45, 7) is 0. The second-order valence-electron chi connectivity index (χ2n) is 5.98. The van der Waals surface area contributed by atoms with E-state index in [1.54, 1.807) is 24.3 Å². The number of benzene rings is 1. The number of tetrazole rings is 1. The zero-order valence-electron chi connectivity index (χ0n) is 13.9. The van der Waals surface area contributed by atoms with Gasteiger partial charge in [-0.05, 0) is 34.7 Å². The predicted octanol–water partition coefficient (Wildman–Crippen LogP) is 1.62. The molecule has 1 atom stereocenters. The molecule has 0 spiro atoms. The number of hydrogen-bond acceptors (Lipinski definition) is 9. The van der Waals surface area contributed by atoms with Crippen LogP contribution in [0.15, 0.2) is 51.9 Å². The Morgan fingerprint density at radius 3 is 2.75 bits per heavy atom. The van der Waals surface area contributed by atoms with E-state index in [9.17, 15) is 14.9 Å². The molecule has 2 N–H and O–H groups in total. The number of rotatable bonds is 3. The number of aromatic amines is 1. The topological polar surface area (TPSA) is 158 Å². The summed E-state index contributed by atoms with van der Waals surface area (Å²) >= 11 is 0. The number of nitro benzene ring substituents is 1. The number of nitrogens with one attached hydrogen (secondary N) is 2. The number of nitro groups is 1. The second-order valence-corrected chi connectivity index (χ2v) is 5.98. The molecule has 1 aliphatic rings. The summed E-state index contributed by atoms with van der Waals surface area (Å²) in [5, 5.41) is 32.0. The van der Waals surface area contributed by atoms with Crippen molar-refractivity contribution in [3.63, 3.8) is 0 Å². The first-order valence-corrected chi connectivity index (χ1v) is 8.09. The Hall–Kier alpha value is -4.35. The lowest BCUT2D eigenvalue weighted by atomic mass is 9.96. The maximum Gasteiger partial charge on any atom is 0.288 e. The van der Waals surface area contributed by atoms with Crippen molar-refractivity contribution in [2.45, 2.75) is 6.04 Å². The van der Waals surface area contributed by atoms with Crippen LogP contribution in [0.25, 0.3) is 11.3 Å². The summed E-state index contributed by atoms with van der Waals surface area (Å²) in [5.74, 6) is 0.784. The highest BCUT2D eigenvalue weighted by Gasteiger charge is 2.35. The Morgan fingerprint density at radius 2 is 2.04 bits per heavy atom. The van der Waals surface area contributed by atoms with E-state index < -0.39 is 16.5 Å². The molecule has 0 amide bonds. The van der Waals surface area contributed by atoms with E-state index in [0.29, 0.717) is 22.6 Å². The third-order valence-corrected chi connectivity index (χ3v) is 4.43. The first-order chi connectivity index (χ1) is 13.6. The third-order valence-electron chi connectivity index (χ3n) is 4.43. The highest BCUT2D eigenvalue weighted by molar-refractivity contribution is 5.75. The number of nitrogens with zero attached hydrogens (tertiary/aromatic N) is 6. The summed E-state index contributed by atoms with van der Waals surface area (Å²) in [6, 6.07) is 8.68. The average Bonchev–Trinajstić information content (AvgIpc) is 3.39. The molecule has 0 saturated heterocycles. The number of non-ortho nitro benzene ring substituents is 1.